The van der Waals surface area contributed by atoms with Gasteiger partial charge in [-0.25, -0.2) is 4.79 Å². The van der Waals surface area contributed by atoms with E-state index in [1.54, 1.807) is 50.2 Å². The van der Waals surface area contributed by atoms with Crippen molar-refractivity contribution < 1.29 is 18.7 Å². The molecule has 0 fully saturated rings. The van der Waals surface area contributed by atoms with E-state index in [4.69, 9.17) is 26.5 Å². The maximum atomic E-state index is 12.9. The third kappa shape index (κ3) is 6.77. The maximum Gasteiger partial charge on any atom is 0.336 e. The zero-order valence-electron chi connectivity index (χ0n) is 20.8. The number of carbonyl (C=O) groups excluding carboxylic acids is 2. The summed E-state index contributed by atoms with van der Waals surface area (Å²) in [6, 6.07) is 11.4. The number of anilines is 1. The molecule has 0 aliphatic heterocycles. The largest absolute Gasteiger partial charge is 0.481 e. The first-order valence-corrected chi connectivity index (χ1v) is 12.0. The van der Waals surface area contributed by atoms with Crippen LogP contribution in [0.15, 0.2) is 51.7 Å². The van der Waals surface area contributed by atoms with Gasteiger partial charge < -0.3 is 30.0 Å². The normalized spacial score (nSPS) is 11.9. The summed E-state index contributed by atoms with van der Waals surface area (Å²) in [7, 11) is 3.83. The number of nitrogens with two attached hydrogens (primary N) is 1. The van der Waals surface area contributed by atoms with Crippen molar-refractivity contribution in [3.63, 3.8) is 0 Å². The molecule has 0 aliphatic carbocycles. The molecule has 0 saturated heterocycles. The van der Waals surface area contributed by atoms with E-state index >= 15 is 0 Å². The fourth-order valence-electron chi connectivity index (χ4n) is 3.69. The number of nitrogens with zero attached hydrogens (tertiary/aromatic N) is 2. The predicted molar refractivity (Wildman–Crippen MR) is 141 cm³/mol. The van der Waals surface area contributed by atoms with Gasteiger partial charge in [-0.2, -0.15) is 0 Å². The number of hydrogen-bond donors (Lipinski definition) is 2. The first kappa shape index (κ1) is 27.0. The lowest BCUT2D eigenvalue weighted by molar-refractivity contribution is -0.141. The van der Waals surface area contributed by atoms with E-state index < -0.39 is 11.7 Å². The van der Waals surface area contributed by atoms with Crippen LogP contribution in [-0.2, 0) is 9.59 Å². The first-order valence-electron chi connectivity index (χ1n) is 11.6. The van der Waals surface area contributed by atoms with E-state index in [1.165, 1.54) is 11.0 Å². The Hall–Kier alpha value is -3.56. The van der Waals surface area contributed by atoms with Gasteiger partial charge in [0.05, 0.1) is 11.6 Å². The number of benzene rings is 2. The van der Waals surface area contributed by atoms with Crippen LogP contribution in [0.2, 0.25) is 5.02 Å². The Kier molecular flexibility index (Phi) is 8.95. The number of likely N-dealkylation sites (N-methyl/N-ethyl adjacent to an activating group) is 2. The van der Waals surface area contributed by atoms with E-state index in [0.717, 1.165) is 0 Å². The molecule has 2 amide bonds. The summed E-state index contributed by atoms with van der Waals surface area (Å²) >= 11 is 6.36. The van der Waals surface area contributed by atoms with Crippen LogP contribution in [0.3, 0.4) is 0 Å². The van der Waals surface area contributed by atoms with Gasteiger partial charge >= 0.3 is 5.63 Å². The minimum absolute atomic E-state index is 0.0607. The number of fused-ring (bicyclic) bond motifs is 1. The highest BCUT2D eigenvalue weighted by molar-refractivity contribution is 6.34. The van der Waals surface area contributed by atoms with Crippen molar-refractivity contribution in [1.29, 1.82) is 0 Å². The van der Waals surface area contributed by atoms with Gasteiger partial charge in [0.15, 0.2) is 6.10 Å². The summed E-state index contributed by atoms with van der Waals surface area (Å²) in [6.07, 6.45) is -0.863. The van der Waals surface area contributed by atoms with Crippen molar-refractivity contribution in [2.45, 2.75) is 20.0 Å². The number of amides is 2. The Labute approximate surface area is 214 Å². The van der Waals surface area contributed by atoms with Crippen LogP contribution in [0.25, 0.3) is 22.1 Å². The first-order chi connectivity index (χ1) is 17.1. The number of nitrogen functional groups attached to an aromatic ring is 1. The van der Waals surface area contributed by atoms with E-state index in [0.29, 0.717) is 52.6 Å². The second-order valence-corrected chi connectivity index (χ2v) is 9.05. The Morgan fingerprint density at radius 3 is 2.56 bits per heavy atom. The van der Waals surface area contributed by atoms with Crippen LogP contribution in [0, 0.1) is 0 Å². The lowest BCUT2D eigenvalue weighted by atomic mass is 10.0. The summed E-state index contributed by atoms with van der Waals surface area (Å²) in [4.78, 5) is 40.8. The highest BCUT2D eigenvalue weighted by Gasteiger charge is 2.23. The summed E-state index contributed by atoms with van der Waals surface area (Å²) in [6.45, 7) is 4.90. The molecule has 1 unspecified atom stereocenters. The van der Waals surface area contributed by atoms with Crippen LogP contribution >= 0.6 is 11.6 Å². The van der Waals surface area contributed by atoms with Gasteiger partial charge in [-0.05, 0) is 52.2 Å². The molecule has 0 aliphatic rings. The van der Waals surface area contributed by atoms with Crippen LogP contribution in [-0.4, -0.2) is 68.0 Å². The fraction of sp³-hybridized carbons (Fsp3) is 0.346. The number of carbonyl (C=O) groups is 2. The van der Waals surface area contributed by atoms with E-state index in [2.05, 4.69) is 5.32 Å². The SMILES string of the molecule is CCN(CC(=O)NCCN(C)C)C(=O)C(C)Oc1ccc2c(-c3ccc(N)cc3Cl)cc(=O)oc2c1. The molecule has 1 aromatic heterocycles. The molecule has 0 spiro atoms. The minimum atomic E-state index is -0.863. The van der Waals surface area contributed by atoms with Crippen molar-refractivity contribution in [3.05, 3.63) is 57.9 Å². The van der Waals surface area contributed by atoms with Crippen molar-refractivity contribution in [1.82, 2.24) is 15.1 Å². The lowest BCUT2D eigenvalue weighted by Crippen LogP contribution is -2.46. The average molecular weight is 515 g/mol. The Bertz CT molecular complexity index is 1310. The van der Waals surface area contributed by atoms with Crippen molar-refractivity contribution in [2.24, 2.45) is 0 Å². The summed E-state index contributed by atoms with van der Waals surface area (Å²) < 4.78 is 11.2. The van der Waals surface area contributed by atoms with Crippen molar-refractivity contribution in [3.8, 4) is 16.9 Å². The molecule has 0 bridgehead atoms. The van der Waals surface area contributed by atoms with Gasteiger partial charge in [0, 0.05) is 54.0 Å². The number of nitrogens with one attached hydrogen (secondary N) is 1. The molecule has 2 aromatic carbocycles. The zero-order valence-corrected chi connectivity index (χ0v) is 21.6. The third-order valence-corrected chi connectivity index (χ3v) is 5.88. The quantitative estimate of drug-likeness (QED) is 0.315. The Morgan fingerprint density at radius 1 is 1.14 bits per heavy atom. The summed E-state index contributed by atoms with van der Waals surface area (Å²) in [5.74, 6) is -0.219. The monoisotopic (exact) mass is 514 g/mol. The van der Waals surface area contributed by atoms with Crippen molar-refractivity contribution >= 4 is 40.1 Å². The van der Waals surface area contributed by atoms with Gasteiger partial charge in [0.1, 0.15) is 11.3 Å². The second-order valence-electron chi connectivity index (χ2n) is 8.64. The van der Waals surface area contributed by atoms with Crippen LogP contribution in [0.5, 0.6) is 5.75 Å². The molecule has 36 heavy (non-hydrogen) atoms. The van der Waals surface area contributed by atoms with E-state index in [9.17, 15) is 14.4 Å². The number of halogens is 1. The van der Waals surface area contributed by atoms with E-state index in [1.807, 2.05) is 19.0 Å². The van der Waals surface area contributed by atoms with Crippen LogP contribution in [0.4, 0.5) is 5.69 Å². The number of ether oxygens (including phenoxy) is 1. The number of hydrogen-bond acceptors (Lipinski definition) is 7. The molecule has 10 heteroatoms. The fourth-order valence-corrected chi connectivity index (χ4v) is 3.99. The topological polar surface area (TPSA) is 118 Å². The van der Waals surface area contributed by atoms with Gasteiger partial charge in [0.25, 0.3) is 5.91 Å². The lowest BCUT2D eigenvalue weighted by Gasteiger charge is -2.24. The average Bonchev–Trinajstić information content (AvgIpc) is 2.81. The smallest absolute Gasteiger partial charge is 0.336 e. The van der Waals surface area contributed by atoms with Crippen LogP contribution in [0.1, 0.15) is 13.8 Å². The summed E-state index contributed by atoms with van der Waals surface area (Å²) in [5.41, 5.74) is 7.28. The molecule has 3 N–H and O–H groups in total. The molecule has 3 rings (SSSR count). The molecule has 0 radical (unpaired) electrons. The molecule has 1 atom stereocenters. The summed E-state index contributed by atoms with van der Waals surface area (Å²) in [5, 5.41) is 3.86. The molecule has 9 nitrogen and oxygen atoms in total. The molecule has 0 saturated carbocycles. The van der Waals surface area contributed by atoms with Gasteiger partial charge in [-0.3, -0.25) is 9.59 Å². The number of rotatable bonds is 10. The highest BCUT2D eigenvalue weighted by atomic mass is 35.5. The predicted octanol–water partition coefficient (Wildman–Crippen LogP) is 2.99. The standard InChI is InChI=1S/C26H31ClN4O5/c1-5-31(15-24(32)29-10-11-30(3)4)26(34)16(2)35-18-7-9-20-21(14-25(33)36-23(20)13-18)19-8-6-17(28)12-22(19)27/h6-9,12-14,16H,5,10-11,15,28H2,1-4H3,(H,29,32). The Balaban J connectivity index is 1.77. The maximum absolute atomic E-state index is 12.9. The molecule has 192 valence electrons. The van der Waals surface area contributed by atoms with Gasteiger partial charge in [-0.15, -0.1) is 0 Å². The molecular weight excluding hydrogens is 484 g/mol. The van der Waals surface area contributed by atoms with Gasteiger partial charge in [-0.1, -0.05) is 17.7 Å². The second kappa shape index (κ2) is 11.9. The van der Waals surface area contributed by atoms with Crippen LogP contribution < -0.4 is 21.4 Å². The zero-order chi connectivity index (χ0) is 26.4. The van der Waals surface area contributed by atoms with E-state index in [-0.39, 0.29) is 23.9 Å². The Morgan fingerprint density at radius 2 is 1.89 bits per heavy atom. The van der Waals surface area contributed by atoms with Gasteiger partial charge in [0.2, 0.25) is 5.91 Å². The van der Waals surface area contributed by atoms with Crippen molar-refractivity contribution in [2.75, 3.05) is 46.0 Å². The molecule has 1 heterocycles. The minimum Gasteiger partial charge on any atom is -0.481 e. The molecule has 3 aromatic rings. The third-order valence-electron chi connectivity index (χ3n) is 5.57. The highest BCUT2D eigenvalue weighted by Crippen LogP contribution is 2.35. The molecular formula is C26H31ClN4O5.